The van der Waals surface area contributed by atoms with Crippen LogP contribution in [-0.4, -0.2) is 39.3 Å². The lowest BCUT2D eigenvalue weighted by molar-refractivity contribution is -0.137. The van der Waals surface area contributed by atoms with Gasteiger partial charge in [0.2, 0.25) is 0 Å². The maximum absolute atomic E-state index is 11.9. The van der Waals surface area contributed by atoms with E-state index in [9.17, 15) is 19.8 Å². The second-order valence-electron chi connectivity index (χ2n) is 6.89. The van der Waals surface area contributed by atoms with Gasteiger partial charge < -0.3 is 15.3 Å². The Hall–Kier alpha value is -1.46. The fourth-order valence-corrected chi connectivity index (χ4v) is 3.30. The minimum Gasteiger partial charge on any atom is -0.481 e. The molecule has 1 rings (SSSR count). The molecule has 0 heterocycles. The number of hydrogen-bond donors (Lipinski definition) is 3. The highest BCUT2D eigenvalue weighted by Gasteiger charge is 2.39. The van der Waals surface area contributed by atoms with Crippen LogP contribution in [0.5, 0.6) is 0 Å². The van der Waals surface area contributed by atoms with Crippen LogP contribution in [0.15, 0.2) is 24.3 Å². The monoisotopic (exact) mass is 352 g/mol. The second-order valence-corrected chi connectivity index (χ2v) is 6.89. The molecular formula is C20H32O5. The van der Waals surface area contributed by atoms with Crippen LogP contribution in [0.2, 0.25) is 0 Å². The zero-order valence-corrected chi connectivity index (χ0v) is 15.1. The maximum Gasteiger partial charge on any atom is 0.303 e. The van der Waals surface area contributed by atoms with Crippen LogP contribution < -0.4 is 0 Å². The molecule has 5 heteroatoms. The number of rotatable bonds is 12. The Kier molecular flexibility index (Phi) is 10.3. The van der Waals surface area contributed by atoms with Crippen LogP contribution in [0.4, 0.5) is 0 Å². The predicted octanol–water partition coefficient (Wildman–Crippen LogP) is 3.25. The lowest BCUT2D eigenvalue weighted by Gasteiger charge is -2.19. The molecular weight excluding hydrogens is 320 g/mol. The average Bonchev–Trinajstić information content (AvgIpc) is 2.82. The molecule has 142 valence electrons. The van der Waals surface area contributed by atoms with E-state index in [1.807, 2.05) is 12.2 Å². The average molecular weight is 352 g/mol. The molecule has 0 aromatic heterocycles. The Bertz CT molecular complexity index is 469. The van der Waals surface area contributed by atoms with E-state index in [1.165, 1.54) is 0 Å². The van der Waals surface area contributed by atoms with E-state index in [1.54, 1.807) is 12.2 Å². The molecule has 4 atom stereocenters. The topological polar surface area (TPSA) is 94.8 Å². The molecule has 0 aromatic rings. The van der Waals surface area contributed by atoms with E-state index in [2.05, 4.69) is 6.92 Å². The van der Waals surface area contributed by atoms with Gasteiger partial charge in [0, 0.05) is 25.2 Å². The van der Waals surface area contributed by atoms with Gasteiger partial charge in [-0.1, -0.05) is 38.0 Å². The zero-order valence-electron chi connectivity index (χ0n) is 15.1. The fraction of sp³-hybridized carbons (Fsp3) is 0.700. The van der Waals surface area contributed by atoms with Crippen LogP contribution in [0.1, 0.15) is 64.7 Å². The SMILES string of the molecule is CCCCCC(=O)/C=C/[C@H]1[C@H](C/C=C/CCCC(=O)O)[C@H](O)C[C@@H]1O. The Morgan fingerprint density at radius 1 is 1.04 bits per heavy atom. The van der Waals surface area contributed by atoms with Crippen molar-refractivity contribution in [2.45, 2.75) is 76.9 Å². The molecule has 3 N–H and O–H groups in total. The number of aliphatic hydroxyl groups excluding tert-OH is 2. The molecule has 0 saturated heterocycles. The quantitative estimate of drug-likeness (QED) is 0.285. The summed E-state index contributed by atoms with van der Waals surface area (Å²) in [6, 6.07) is 0. The van der Waals surface area contributed by atoms with E-state index in [0.29, 0.717) is 32.1 Å². The number of carboxylic acid groups (broad SMARTS) is 1. The zero-order chi connectivity index (χ0) is 18.7. The number of carbonyl (C=O) groups excluding carboxylic acids is 1. The first-order valence-corrected chi connectivity index (χ1v) is 9.39. The first-order valence-electron chi connectivity index (χ1n) is 9.39. The lowest BCUT2D eigenvalue weighted by atomic mass is 9.89. The molecule has 0 spiro atoms. The van der Waals surface area contributed by atoms with Gasteiger partial charge in [-0.2, -0.15) is 0 Å². The highest BCUT2D eigenvalue weighted by atomic mass is 16.4. The van der Waals surface area contributed by atoms with E-state index in [-0.39, 0.29) is 24.0 Å². The van der Waals surface area contributed by atoms with E-state index in [0.717, 1.165) is 19.3 Å². The number of carbonyl (C=O) groups is 2. The summed E-state index contributed by atoms with van der Waals surface area (Å²) in [7, 11) is 0. The standard InChI is InChI=1S/C20H32O5/c1-2-3-6-9-15(21)12-13-17-16(18(22)14-19(17)23)10-7-4-5-8-11-20(24)25/h4,7,12-13,16-19,22-23H,2-3,5-6,8-11,14H2,1H3,(H,24,25)/b7-4+,13-12+/t16-,17-,18+,19-/m0/s1. The molecule has 1 aliphatic rings. The Morgan fingerprint density at radius 2 is 1.80 bits per heavy atom. The number of aliphatic hydroxyl groups is 2. The third-order valence-corrected chi connectivity index (χ3v) is 4.78. The smallest absolute Gasteiger partial charge is 0.303 e. The van der Waals surface area contributed by atoms with Crippen molar-refractivity contribution < 1.29 is 24.9 Å². The molecule has 1 fully saturated rings. The number of unbranched alkanes of at least 4 members (excludes halogenated alkanes) is 3. The van der Waals surface area contributed by atoms with Gasteiger partial charge in [0.05, 0.1) is 12.2 Å². The van der Waals surface area contributed by atoms with Gasteiger partial charge in [-0.25, -0.2) is 0 Å². The number of ketones is 1. The second kappa shape index (κ2) is 12.0. The van der Waals surface area contributed by atoms with E-state index in [4.69, 9.17) is 5.11 Å². The summed E-state index contributed by atoms with van der Waals surface area (Å²) in [5.41, 5.74) is 0. The van der Waals surface area contributed by atoms with E-state index < -0.39 is 18.2 Å². The van der Waals surface area contributed by atoms with Gasteiger partial charge >= 0.3 is 5.97 Å². The lowest BCUT2D eigenvalue weighted by Crippen LogP contribution is -2.20. The summed E-state index contributed by atoms with van der Waals surface area (Å²) >= 11 is 0. The van der Waals surface area contributed by atoms with Gasteiger partial charge in [-0.3, -0.25) is 9.59 Å². The number of allylic oxidation sites excluding steroid dienone is 3. The van der Waals surface area contributed by atoms with Crippen molar-refractivity contribution in [2.75, 3.05) is 0 Å². The molecule has 0 radical (unpaired) electrons. The highest BCUT2D eigenvalue weighted by Crippen LogP contribution is 2.36. The highest BCUT2D eigenvalue weighted by molar-refractivity contribution is 5.89. The molecule has 1 saturated carbocycles. The van der Waals surface area contributed by atoms with Crippen LogP contribution in [0.25, 0.3) is 0 Å². The minimum atomic E-state index is -0.795. The maximum atomic E-state index is 11.9. The van der Waals surface area contributed by atoms with Crippen LogP contribution in [0, 0.1) is 11.8 Å². The molecule has 0 amide bonds. The molecule has 0 bridgehead atoms. The van der Waals surface area contributed by atoms with Crippen molar-refractivity contribution in [3.63, 3.8) is 0 Å². The van der Waals surface area contributed by atoms with Crippen LogP contribution in [-0.2, 0) is 9.59 Å². The molecule has 5 nitrogen and oxygen atoms in total. The van der Waals surface area contributed by atoms with Gasteiger partial charge in [0.15, 0.2) is 5.78 Å². The number of carboxylic acids is 1. The third-order valence-electron chi connectivity index (χ3n) is 4.78. The Labute approximate surface area is 150 Å². The van der Waals surface area contributed by atoms with Crippen molar-refractivity contribution in [3.8, 4) is 0 Å². The van der Waals surface area contributed by atoms with Gasteiger partial charge in [-0.05, 0) is 37.7 Å². The first kappa shape index (κ1) is 21.6. The van der Waals surface area contributed by atoms with Crippen molar-refractivity contribution in [1.82, 2.24) is 0 Å². The fourth-order valence-electron chi connectivity index (χ4n) is 3.30. The molecule has 1 aliphatic carbocycles. The summed E-state index contributed by atoms with van der Waals surface area (Å²) in [6.07, 6.45) is 11.9. The largest absolute Gasteiger partial charge is 0.481 e. The van der Waals surface area contributed by atoms with Crippen molar-refractivity contribution in [2.24, 2.45) is 11.8 Å². The van der Waals surface area contributed by atoms with E-state index >= 15 is 0 Å². The van der Waals surface area contributed by atoms with Crippen molar-refractivity contribution >= 4 is 11.8 Å². The normalized spacial score (nSPS) is 26.7. The van der Waals surface area contributed by atoms with Crippen LogP contribution >= 0.6 is 0 Å². The Morgan fingerprint density at radius 3 is 2.48 bits per heavy atom. The van der Waals surface area contributed by atoms with Crippen molar-refractivity contribution in [1.29, 1.82) is 0 Å². The van der Waals surface area contributed by atoms with Crippen LogP contribution in [0.3, 0.4) is 0 Å². The summed E-state index contributed by atoms with van der Waals surface area (Å²) in [5.74, 6) is -1.04. The summed E-state index contributed by atoms with van der Waals surface area (Å²) in [4.78, 5) is 22.3. The molecule has 0 unspecified atom stereocenters. The number of aliphatic carboxylic acids is 1. The van der Waals surface area contributed by atoms with Gasteiger partial charge in [0.1, 0.15) is 0 Å². The summed E-state index contributed by atoms with van der Waals surface area (Å²) in [6.45, 7) is 2.09. The van der Waals surface area contributed by atoms with Crippen molar-refractivity contribution in [3.05, 3.63) is 24.3 Å². The first-order chi connectivity index (χ1) is 12.0. The molecule has 25 heavy (non-hydrogen) atoms. The Balaban J connectivity index is 2.48. The van der Waals surface area contributed by atoms with Gasteiger partial charge in [-0.15, -0.1) is 0 Å². The minimum absolute atomic E-state index is 0.0741. The van der Waals surface area contributed by atoms with Gasteiger partial charge in [0.25, 0.3) is 0 Å². The third kappa shape index (κ3) is 8.45. The number of hydrogen-bond acceptors (Lipinski definition) is 4. The predicted molar refractivity (Wildman–Crippen MR) is 97.1 cm³/mol. The molecule has 0 aliphatic heterocycles. The summed E-state index contributed by atoms with van der Waals surface area (Å²) in [5, 5.41) is 28.9. The summed E-state index contributed by atoms with van der Waals surface area (Å²) < 4.78 is 0. The molecule has 0 aromatic carbocycles.